The summed E-state index contributed by atoms with van der Waals surface area (Å²) < 4.78 is 5.28. The second kappa shape index (κ2) is 5.20. The molecule has 0 spiro atoms. The number of nitrogens with zero attached hydrogens (tertiary/aromatic N) is 2. The monoisotopic (exact) mass is 330 g/mol. The number of hydrogen-bond donors (Lipinski definition) is 1. The highest BCUT2D eigenvalue weighted by Crippen LogP contribution is 2.54. The number of ketones is 1. The van der Waals surface area contributed by atoms with Crippen LogP contribution >= 0.6 is 0 Å². The van der Waals surface area contributed by atoms with Crippen LogP contribution < -0.4 is 4.74 Å². The molecule has 0 saturated carbocycles. The van der Waals surface area contributed by atoms with Crippen molar-refractivity contribution in [3.63, 3.8) is 0 Å². The quantitative estimate of drug-likeness (QED) is 0.919. The summed E-state index contributed by atoms with van der Waals surface area (Å²) in [5.41, 5.74) is 0.687. The second-order valence-electron chi connectivity index (χ2n) is 8.04. The second-order valence-corrected chi connectivity index (χ2v) is 8.04. The van der Waals surface area contributed by atoms with Crippen molar-refractivity contribution in [3.05, 3.63) is 23.8 Å². The average Bonchev–Trinajstić information content (AvgIpc) is 2.53. The van der Waals surface area contributed by atoms with E-state index in [4.69, 9.17) is 4.74 Å². The van der Waals surface area contributed by atoms with Crippen molar-refractivity contribution in [1.82, 2.24) is 9.80 Å². The molecule has 4 bridgehead atoms. The molecule has 2 unspecified atom stereocenters. The summed E-state index contributed by atoms with van der Waals surface area (Å²) in [6.45, 7) is 7.63. The standard InChI is InChI=1S/C19H26N2O3/c1-4-7-19-11-20-9-18(2,17(19)23)10-21(12-19)16(20)13-5-6-14(22)15(8-13)24-3/h5-6,8,16,22H,4,7,9-12H2,1-3H3. The van der Waals surface area contributed by atoms with Crippen molar-refractivity contribution < 1.29 is 14.6 Å². The predicted molar refractivity (Wildman–Crippen MR) is 91.0 cm³/mol. The lowest BCUT2D eigenvalue weighted by Crippen LogP contribution is -2.76. The van der Waals surface area contributed by atoms with Gasteiger partial charge in [0, 0.05) is 26.2 Å². The van der Waals surface area contributed by atoms with Gasteiger partial charge in [0.1, 0.15) is 5.78 Å². The molecule has 0 amide bonds. The van der Waals surface area contributed by atoms with E-state index in [9.17, 15) is 9.90 Å². The fourth-order valence-corrected chi connectivity index (χ4v) is 5.42. The van der Waals surface area contributed by atoms with Crippen molar-refractivity contribution in [2.45, 2.75) is 32.9 Å². The number of hydrogen-bond acceptors (Lipinski definition) is 5. The van der Waals surface area contributed by atoms with Crippen LogP contribution in [0.2, 0.25) is 0 Å². The van der Waals surface area contributed by atoms with Crippen LogP contribution in [0.4, 0.5) is 0 Å². The Morgan fingerprint density at radius 2 is 1.92 bits per heavy atom. The van der Waals surface area contributed by atoms with Gasteiger partial charge in [-0.15, -0.1) is 0 Å². The zero-order chi connectivity index (χ0) is 17.1. The van der Waals surface area contributed by atoms with Crippen LogP contribution in [-0.2, 0) is 4.79 Å². The molecule has 2 atom stereocenters. The SMILES string of the molecule is CCCC12CN3CC(C)(CN(C1)C3c1ccc(O)c(OC)c1)C2=O. The van der Waals surface area contributed by atoms with Crippen molar-refractivity contribution in [2.24, 2.45) is 10.8 Å². The van der Waals surface area contributed by atoms with Crippen LogP contribution in [0.15, 0.2) is 18.2 Å². The van der Waals surface area contributed by atoms with Gasteiger partial charge in [0.05, 0.1) is 24.1 Å². The number of phenolic OH excluding ortho intramolecular Hbond substituents is 1. The predicted octanol–water partition coefficient (Wildman–Crippen LogP) is 2.41. The highest BCUT2D eigenvalue weighted by atomic mass is 16.5. The van der Waals surface area contributed by atoms with Crippen LogP contribution in [-0.4, -0.2) is 54.0 Å². The Kier molecular flexibility index (Phi) is 3.45. The third-order valence-electron chi connectivity index (χ3n) is 6.07. The first kappa shape index (κ1) is 15.9. The molecule has 4 saturated heterocycles. The summed E-state index contributed by atoms with van der Waals surface area (Å²) in [6, 6.07) is 5.61. The Hall–Kier alpha value is -1.59. The molecule has 5 rings (SSSR count). The average molecular weight is 330 g/mol. The molecule has 4 aliphatic heterocycles. The van der Waals surface area contributed by atoms with Gasteiger partial charge >= 0.3 is 0 Å². The molecule has 0 aromatic heterocycles. The number of piperidine rings is 2. The lowest BCUT2D eigenvalue weighted by atomic mass is 9.59. The molecule has 1 N–H and O–H groups in total. The van der Waals surface area contributed by atoms with E-state index in [0.29, 0.717) is 11.5 Å². The molecule has 130 valence electrons. The zero-order valence-corrected chi connectivity index (χ0v) is 14.7. The molecule has 0 radical (unpaired) electrons. The molecule has 5 heteroatoms. The lowest BCUT2D eigenvalue weighted by molar-refractivity contribution is -0.201. The number of carbonyl (C=O) groups excluding carboxylic acids is 1. The Labute approximate surface area is 143 Å². The highest BCUT2D eigenvalue weighted by Gasteiger charge is 2.63. The first-order valence-corrected chi connectivity index (χ1v) is 8.82. The third kappa shape index (κ3) is 2.04. The summed E-state index contributed by atoms with van der Waals surface area (Å²) in [5, 5.41) is 9.88. The molecular weight excluding hydrogens is 304 g/mol. The first-order chi connectivity index (χ1) is 11.4. The van der Waals surface area contributed by atoms with E-state index in [0.717, 1.165) is 44.6 Å². The van der Waals surface area contributed by atoms with E-state index < -0.39 is 0 Å². The summed E-state index contributed by atoms with van der Waals surface area (Å²) in [4.78, 5) is 18.0. The van der Waals surface area contributed by atoms with Gasteiger partial charge in [0.2, 0.25) is 0 Å². The fraction of sp³-hybridized carbons (Fsp3) is 0.632. The largest absolute Gasteiger partial charge is 0.504 e. The molecule has 4 fully saturated rings. The Bertz CT molecular complexity index is 671. The van der Waals surface area contributed by atoms with Crippen molar-refractivity contribution in [1.29, 1.82) is 0 Å². The number of phenols is 1. The number of carbonyl (C=O) groups is 1. The first-order valence-electron chi connectivity index (χ1n) is 8.82. The molecule has 1 aromatic rings. The van der Waals surface area contributed by atoms with Crippen LogP contribution in [0.3, 0.4) is 0 Å². The maximum absolute atomic E-state index is 13.1. The number of aromatic hydroxyl groups is 1. The highest BCUT2D eigenvalue weighted by molar-refractivity contribution is 5.93. The number of Topliss-reactive ketones (excluding diaryl/α,β-unsaturated/α-hetero) is 1. The van der Waals surface area contributed by atoms with Crippen LogP contribution in [0, 0.1) is 10.8 Å². The normalized spacial score (nSPS) is 40.1. The van der Waals surface area contributed by atoms with Crippen molar-refractivity contribution >= 4 is 5.78 Å². The van der Waals surface area contributed by atoms with Gasteiger partial charge < -0.3 is 9.84 Å². The van der Waals surface area contributed by atoms with Gasteiger partial charge in [-0.1, -0.05) is 26.3 Å². The molecule has 24 heavy (non-hydrogen) atoms. The van der Waals surface area contributed by atoms with E-state index in [-0.39, 0.29) is 22.7 Å². The van der Waals surface area contributed by atoms with Gasteiger partial charge in [0.25, 0.3) is 0 Å². The van der Waals surface area contributed by atoms with Crippen LogP contribution in [0.5, 0.6) is 11.5 Å². The van der Waals surface area contributed by atoms with Gasteiger partial charge in [0.15, 0.2) is 11.5 Å². The van der Waals surface area contributed by atoms with Crippen molar-refractivity contribution in [3.8, 4) is 11.5 Å². The lowest BCUT2D eigenvalue weighted by Gasteiger charge is -2.65. The topological polar surface area (TPSA) is 53.0 Å². The summed E-state index contributed by atoms with van der Waals surface area (Å²) in [5.74, 6) is 1.15. The molecule has 4 heterocycles. The number of rotatable bonds is 4. The van der Waals surface area contributed by atoms with E-state index in [2.05, 4.69) is 23.6 Å². The smallest absolute Gasteiger partial charge is 0.160 e. The minimum atomic E-state index is -0.247. The van der Waals surface area contributed by atoms with Crippen LogP contribution in [0.1, 0.15) is 38.4 Å². The van der Waals surface area contributed by atoms with E-state index >= 15 is 0 Å². The molecular formula is C19H26N2O3. The number of benzene rings is 1. The number of methoxy groups -OCH3 is 1. The summed E-state index contributed by atoms with van der Waals surface area (Å²) >= 11 is 0. The molecule has 4 aliphatic rings. The van der Waals surface area contributed by atoms with E-state index in [1.54, 1.807) is 13.2 Å². The van der Waals surface area contributed by atoms with Gasteiger partial charge in [-0.2, -0.15) is 0 Å². The Morgan fingerprint density at radius 3 is 2.50 bits per heavy atom. The van der Waals surface area contributed by atoms with Crippen molar-refractivity contribution in [2.75, 3.05) is 33.3 Å². The maximum Gasteiger partial charge on any atom is 0.160 e. The van der Waals surface area contributed by atoms with Crippen LogP contribution in [0.25, 0.3) is 0 Å². The molecule has 0 aliphatic carbocycles. The summed E-state index contributed by atoms with van der Waals surface area (Å²) in [6.07, 6.45) is 2.19. The summed E-state index contributed by atoms with van der Waals surface area (Å²) in [7, 11) is 1.58. The minimum Gasteiger partial charge on any atom is -0.504 e. The Balaban J connectivity index is 1.72. The number of ether oxygens (including phenoxy) is 1. The third-order valence-corrected chi connectivity index (χ3v) is 6.07. The zero-order valence-electron chi connectivity index (χ0n) is 14.7. The molecule has 1 aromatic carbocycles. The van der Waals surface area contributed by atoms with Gasteiger partial charge in [-0.05, 0) is 24.1 Å². The maximum atomic E-state index is 13.1. The minimum absolute atomic E-state index is 0.166. The molecule has 5 nitrogen and oxygen atoms in total. The van der Waals surface area contributed by atoms with Gasteiger partial charge in [-0.3, -0.25) is 14.6 Å². The fourth-order valence-electron chi connectivity index (χ4n) is 5.42. The Morgan fingerprint density at radius 1 is 1.25 bits per heavy atom. The van der Waals surface area contributed by atoms with Gasteiger partial charge in [-0.25, -0.2) is 0 Å². The van der Waals surface area contributed by atoms with E-state index in [1.807, 2.05) is 12.1 Å². The van der Waals surface area contributed by atoms with E-state index in [1.165, 1.54) is 0 Å².